The molecule has 7 heteroatoms. The van der Waals surface area contributed by atoms with Crippen molar-refractivity contribution in [2.24, 2.45) is 0 Å². The lowest BCUT2D eigenvalue weighted by molar-refractivity contribution is -0.140. The van der Waals surface area contributed by atoms with Gasteiger partial charge >= 0.3 is 0 Å². The van der Waals surface area contributed by atoms with Crippen LogP contribution in [0.2, 0.25) is 0 Å². The van der Waals surface area contributed by atoms with Crippen LogP contribution < -0.4 is 4.74 Å². The molecule has 28 heavy (non-hydrogen) atoms. The fourth-order valence-electron chi connectivity index (χ4n) is 3.66. The number of para-hydroxylation sites is 1. The molecular weight excluding hydrogens is 358 g/mol. The molecule has 3 rings (SSSR count). The third-order valence-corrected chi connectivity index (χ3v) is 5.33. The fraction of sp³-hybridized carbons (Fsp3) is 0.619. The minimum Gasteiger partial charge on any atom is -0.494 e. The second-order valence-corrected chi connectivity index (χ2v) is 7.19. The summed E-state index contributed by atoms with van der Waals surface area (Å²) in [5, 5.41) is 0. The van der Waals surface area contributed by atoms with Crippen LogP contribution in [0.4, 0.5) is 0 Å². The molecule has 0 aromatic heterocycles. The van der Waals surface area contributed by atoms with E-state index in [0.717, 1.165) is 24.4 Å². The van der Waals surface area contributed by atoms with Gasteiger partial charge in [-0.2, -0.15) is 0 Å². The SMILES string of the molecule is CCOc1ccccc1CCC(=O)N1CCN(C(=O)CN2CCOCC2)CC1. The highest BCUT2D eigenvalue weighted by Crippen LogP contribution is 2.20. The molecule has 0 bridgehead atoms. The van der Waals surface area contributed by atoms with E-state index in [1.54, 1.807) is 0 Å². The van der Waals surface area contributed by atoms with Crippen molar-refractivity contribution in [1.29, 1.82) is 0 Å². The first kappa shape index (κ1) is 20.6. The van der Waals surface area contributed by atoms with E-state index in [2.05, 4.69) is 4.90 Å². The van der Waals surface area contributed by atoms with E-state index >= 15 is 0 Å². The normalized spacial score (nSPS) is 18.2. The number of amides is 2. The molecule has 2 aliphatic rings. The number of carbonyl (C=O) groups is 2. The van der Waals surface area contributed by atoms with Crippen LogP contribution >= 0.6 is 0 Å². The lowest BCUT2D eigenvalue weighted by Crippen LogP contribution is -2.53. The van der Waals surface area contributed by atoms with Crippen LogP contribution in [0.5, 0.6) is 5.75 Å². The minimum atomic E-state index is 0.145. The monoisotopic (exact) mass is 389 g/mol. The van der Waals surface area contributed by atoms with E-state index in [-0.39, 0.29) is 11.8 Å². The van der Waals surface area contributed by atoms with Crippen LogP contribution in [0.3, 0.4) is 0 Å². The van der Waals surface area contributed by atoms with Gasteiger partial charge in [0.25, 0.3) is 0 Å². The Hall–Kier alpha value is -2.12. The standard InChI is InChI=1S/C21H31N3O4/c1-2-28-19-6-4-3-5-18(19)7-8-20(25)23-9-11-24(12-10-23)21(26)17-22-13-15-27-16-14-22/h3-6H,2,7-17H2,1H3. The first-order valence-corrected chi connectivity index (χ1v) is 10.2. The first-order valence-electron chi connectivity index (χ1n) is 10.2. The Balaban J connectivity index is 1.42. The van der Waals surface area contributed by atoms with Gasteiger partial charge in [0.05, 0.1) is 26.4 Å². The Morgan fingerprint density at radius 2 is 1.61 bits per heavy atom. The van der Waals surface area contributed by atoms with Gasteiger partial charge in [0.1, 0.15) is 5.75 Å². The molecule has 2 heterocycles. The molecule has 0 aliphatic carbocycles. The summed E-state index contributed by atoms with van der Waals surface area (Å²) in [5.41, 5.74) is 1.07. The molecule has 2 aliphatic heterocycles. The number of piperazine rings is 1. The number of carbonyl (C=O) groups excluding carboxylic acids is 2. The minimum absolute atomic E-state index is 0.145. The maximum atomic E-state index is 12.6. The Morgan fingerprint density at radius 3 is 2.29 bits per heavy atom. The van der Waals surface area contributed by atoms with Crippen LogP contribution in [0.1, 0.15) is 18.9 Å². The van der Waals surface area contributed by atoms with Crippen LogP contribution in [-0.4, -0.2) is 92.1 Å². The molecule has 1 aromatic carbocycles. The van der Waals surface area contributed by atoms with E-state index in [0.29, 0.717) is 65.4 Å². The zero-order valence-corrected chi connectivity index (χ0v) is 16.8. The number of morpholine rings is 1. The van der Waals surface area contributed by atoms with Crippen molar-refractivity contribution < 1.29 is 19.1 Å². The van der Waals surface area contributed by atoms with Gasteiger partial charge in [0, 0.05) is 45.7 Å². The molecule has 7 nitrogen and oxygen atoms in total. The maximum Gasteiger partial charge on any atom is 0.236 e. The van der Waals surface area contributed by atoms with Crippen LogP contribution in [-0.2, 0) is 20.7 Å². The number of aryl methyl sites for hydroxylation is 1. The van der Waals surface area contributed by atoms with E-state index in [1.807, 2.05) is 41.0 Å². The number of nitrogens with zero attached hydrogens (tertiary/aromatic N) is 3. The predicted molar refractivity (Wildman–Crippen MR) is 106 cm³/mol. The summed E-state index contributed by atoms with van der Waals surface area (Å²) in [4.78, 5) is 31.0. The van der Waals surface area contributed by atoms with Gasteiger partial charge in [0.2, 0.25) is 11.8 Å². The average molecular weight is 389 g/mol. The fourth-order valence-corrected chi connectivity index (χ4v) is 3.66. The summed E-state index contributed by atoms with van der Waals surface area (Å²) < 4.78 is 11.0. The van der Waals surface area contributed by atoms with Crippen LogP contribution in [0.25, 0.3) is 0 Å². The van der Waals surface area contributed by atoms with Gasteiger partial charge in [-0.25, -0.2) is 0 Å². The van der Waals surface area contributed by atoms with Gasteiger partial charge in [0.15, 0.2) is 0 Å². The van der Waals surface area contributed by atoms with E-state index in [9.17, 15) is 9.59 Å². The molecule has 0 atom stereocenters. The van der Waals surface area contributed by atoms with Gasteiger partial charge in [-0.05, 0) is 25.0 Å². The molecule has 0 unspecified atom stereocenters. The third kappa shape index (κ3) is 5.69. The lowest BCUT2D eigenvalue weighted by atomic mass is 10.1. The van der Waals surface area contributed by atoms with Crippen molar-refractivity contribution >= 4 is 11.8 Å². The summed E-state index contributed by atoms with van der Waals surface area (Å²) in [6.07, 6.45) is 1.14. The highest BCUT2D eigenvalue weighted by atomic mass is 16.5. The molecule has 0 N–H and O–H groups in total. The van der Waals surface area contributed by atoms with Crippen molar-refractivity contribution in [1.82, 2.24) is 14.7 Å². The van der Waals surface area contributed by atoms with Crippen molar-refractivity contribution in [2.45, 2.75) is 19.8 Å². The predicted octanol–water partition coefficient (Wildman–Crippen LogP) is 1.02. The van der Waals surface area contributed by atoms with Gasteiger partial charge in [-0.3, -0.25) is 14.5 Å². The lowest BCUT2D eigenvalue weighted by Gasteiger charge is -2.36. The Kier molecular flexibility index (Phi) is 7.68. The number of rotatable bonds is 7. The smallest absolute Gasteiger partial charge is 0.236 e. The zero-order valence-electron chi connectivity index (χ0n) is 16.8. The van der Waals surface area contributed by atoms with E-state index in [1.165, 1.54) is 0 Å². The van der Waals surface area contributed by atoms with Crippen molar-refractivity contribution in [2.75, 3.05) is 65.6 Å². The highest BCUT2D eigenvalue weighted by Gasteiger charge is 2.25. The summed E-state index contributed by atoms with van der Waals surface area (Å²) in [6, 6.07) is 7.88. The van der Waals surface area contributed by atoms with E-state index in [4.69, 9.17) is 9.47 Å². The molecule has 0 spiro atoms. The Morgan fingerprint density at radius 1 is 0.964 bits per heavy atom. The molecular formula is C21H31N3O4. The Bertz CT molecular complexity index is 653. The highest BCUT2D eigenvalue weighted by molar-refractivity contribution is 5.80. The van der Waals surface area contributed by atoms with Crippen LogP contribution in [0, 0.1) is 0 Å². The number of ether oxygens (including phenoxy) is 2. The molecule has 1 aromatic rings. The molecule has 0 radical (unpaired) electrons. The molecule has 0 saturated carbocycles. The molecule has 154 valence electrons. The van der Waals surface area contributed by atoms with Gasteiger partial charge in [-0.1, -0.05) is 18.2 Å². The van der Waals surface area contributed by atoms with Crippen molar-refractivity contribution in [3.63, 3.8) is 0 Å². The van der Waals surface area contributed by atoms with Gasteiger partial charge in [-0.15, -0.1) is 0 Å². The number of hydrogen-bond donors (Lipinski definition) is 0. The van der Waals surface area contributed by atoms with Crippen molar-refractivity contribution in [3.05, 3.63) is 29.8 Å². The maximum absolute atomic E-state index is 12.6. The summed E-state index contributed by atoms with van der Waals surface area (Å²) in [5.74, 6) is 1.16. The third-order valence-electron chi connectivity index (χ3n) is 5.33. The largest absolute Gasteiger partial charge is 0.494 e. The molecule has 2 fully saturated rings. The quantitative estimate of drug-likeness (QED) is 0.697. The zero-order chi connectivity index (χ0) is 19.8. The van der Waals surface area contributed by atoms with Crippen LogP contribution in [0.15, 0.2) is 24.3 Å². The summed E-state index contributed by atoms with van der Waals surface area (Å²) in [6.45, 7) is 8.50. The number of benzene rings is 1. The average Bonchev–Trinajstić information content (AvgIpc) is 2.74. The Labute approximate surface area is 167 Å². The van der Waals surface area contributed by atoms with E-state index < -0.39 is 0 Å². The second kappa shape index (κ2) is 10.4. The molecule has 2 amide bonds. The summed E-state index contributed by atoms with van der Waals surface area (Å²) in [7, 11) is 0. The van der Waals surface area contributed by atoms with Gasteiger partial charge < -0.3 is 19.3 Å². The topological polar surface area (TPSA) is 62.3 Å². The summed E-state index contributed by atoms with van der Waals surface area (Å²) >= 11 is 0. The second-order valence-electron chi connectivity index (χ2n) is 7.19. The van der Waals surface area contributed by atoms with Crippen molar-refractivity contribution in [3.8, 4) is 5.75 Å². The molecule has 2 saturated heterocycles. The number of hydrogen-bond acceptors (Lipinski definition) is 5. The first-order chi connectivity index (χ1) is 13.7.